The number of nitrogens with one attached hydrogen (secondary N) is 1. The highest BCUT2D eigenvalue weighted by atomic mass is 16.7. The van der Waals surface area contributed by atoms with E-state index >= 15 is 0 Å². The molecule has 7 atom stereocenters. The number of allylic oxidation sites excluding steroid dienone is 3. The summed E-state index contributed by atoms with van der Waals surface area (Å²) in [6.45, 7) is 3.82. The third-order valence-corrected chi connectivity index (χ3v) is 15.8. The van der Waals surface area contributed by atoms with Crippen molar-refractivity contribution in [2.75, 3.05) is 13.2 Å². The molecule has 0 spiro atoms. The lowest BCUT2D eigenvalue weighted by atomic mass is 9.99. The van der Waals surface area contributed by atoms with Gasteiger partial charge >= 0.3 is 0 Å². The molecule has 0 aromatic rings. The molecule has 74 heavy (non-hydrogen) atoms. The molecule has 9 heteroatoms. The van der Waals surface area contributed by atoms with Gasteiger partial charge in [0.1, 0.15) is 24.4 Å². The van der Waals surface area contributed by atoms with E-state index in [0.29, 0.717) is 6.42 Å². The molecule has 0 aromatic carbocycles. The molecule has 0 aromatic heterocycles. The minimum atomic E-state index is -1.57. The molecule has 7 unspecified atom stereocenters. The van der Waals surface area contributed by atoms with Gasteiger partial charge in [-0.15, -0.1) is 0 Å². The maximum Gasteiger partial charge on any atom is 0.220 e. The van der Waals surface area contributed by atoms with Crippen molar-refractivity contribution in [3.63, 3.8) is 0 Å². The Morgan fingerprint density at radius 2 is 0.757 bits per heavy atom. The standard InChI is InChI=1S/C65H125NO8/c1-3-5-7-9-11-13-15-17-19-21-23-24-25-26-27-28-29-30-31-32-33-34-35-36-37-38-40-42-44-46-48-50-52-54-59(68)58(57-73-65-64(72)63(71)62(70)60(56-67)74-65)66-61(69)55-53-51-49-47-45-43-41-39-22-20-18-16-14-12-10-8-6-4-2/h20,22,52,54,58-60,62-65,67-68,70-72H,3-19,21,23-51,53,55-57H2,1-2H3,(H,66,69)/b22-20-,54-52+. The lowest BCUT2D eigenvalue weighted by molar-refractivity contribution is -0.302. The fourth-order valence-corrected chi connectivity index (χ4v) is 10.6. The second-order valence-corrected chi connectivity index (χ2v) is 22.9. The van der Waals surface area contributed by atoms with Crippen LogP contribution < -0.4 is 5.32 Å². The van der Waals surface area contributed by atoms with Crippen LogP contribution in [0.2, 0.25) is 0 Å². The second kappa shape index (κ2) is 55.0. The number of aliphatic hydroxyl groups is 5. The number of hydrogen-bond acceptors (Lipinski definition) is 8. The molecule has 0 saturated carbocycles. The lowest BCUT2D eigenvalue weighted by Crippen LogP contribution is -2.60. The van der Waals surface area contributed by atoms with Crippen LogP contribution in [0.4, 0.5) is 0 Å². The van der Waals surface area contributed by atoms with Crippen LogP contribution in [0.25, 0.3) is 0 Å². The molecule has 438 valence electrons. The molecule has 0 bridgehead atoms. The molecular weight excluding hydrogens is 923 g/mol. The van der Waals surface area contributed by atoms with Crippen molar-refractivity contribution in [1.82, 2.24) is 5.32 Å². The Labute approximate surface area is 458 Å². The van der Waals surface area contributed by atoms with Gasteiger partial charge in [-0.25, -0.2) is 0 Å². The summed E-state index contributed by atoms with van der Waals surface area (Å²) in [5.74, 6) is -0.177. The Kier molecular flexibility index (Phi) is 52.5. The van der Waals surface area contributed by atoms with Crippen molar-refractivity contribution in [3.05, 3.63) is 24.3 Å². The molecule has 1 aliphatic heterocycles. The lowest BCUT2D eigenvalue weighted by Gasteiger charge is -2.40. The first-order valence-electron chi connectivity index (χ1n) is 32.6. The molecule has 1 saturated heterocycles. The number of carbonyl (C=O) groups excluding carboxylic acids is 1. The molecule has 1 aliphatic rings. The quantitative estimate of drug-likeness (QED) is 0.0261. The molecule has 9 nitrogen and oxygen atoms in total. The minimum absolute atomic E-state index is 0.177. The second-order valence-electron chi connectivity index (χ2n) is 22.9. The fraction of sp³-hybridized carbons (Fsp3) is 0.923. The van der Waals surface area contributed by atoms with Gasteiger partial charge in [0.25, 0.3) is 0 Å². The number of carbonyl (C=O) groups is 1. The number of unbranched alkanes of at least 4 members (excludes halogenated alkanes) is 45. The monoisotopic (exact) mass is 1050 g/mol. The predicted octanol–water partition coefficient (Wildman–Crippen LogP) is 16.9. The van der Waals surface area contributed by atoms with Gasteiger partial charge in [0.15, 0.2) is 6.29 Å². The Morgan fingerprint density at radius 1 is 0.446 bits per heavy atom. The first-order valence-corrected chi connectivity index (χ1v) is 32.6. The van der Waals surface area contributed by atoms with Gasteiger partial charge in [-0.2, -0.15) is 0 Å². The highest BCUT2D eigenvalue weighted by Crippen LogP contribution is 2.23. The zero-order valence-electron chi connectivity index (χ0n) is 48.9. The van der Waals surface area contributed by atoms with E-state index in [2.05, 4.69) is 31.3 Å². The summed E-state index contributed by atoms with van der Waals surface area (Å²) < 4.78 is 11.3. The van der Waals surface area contributed by atoms with Gasteiger partial charge in [0.05, 0.1) is 25.4 Å². The molecule has 1 fully saturated rings. The van der Waals surface area contributed by atoms with Crippen LogP contribution in [0.3, 0.4) is 0 Å². The number of rotatable bonds is 57. The van der Waals surface area contributed by atoms with E-state index < -0.39 is 49.5 Å². The molecule has 1 rings (SSSR count). The van der Waals surface area contributed by atoms with Gasteiger partial charge in [-0.3, -0.25) is 4.79 Å². The fourth-order valence-electron chi connectivity index (χ4n) is 10.6. The summed E-state index contributed by atoms with van der Waals surface area (Å²) in [4.78, 5) is 13.1. The van der Waals surface area contributed by atoms with Crippen LogP contribution in [0.1, 0.15) is 328 Å². The van der Waals surface area contributed by atoms with Crippen molar-refractivity contribution in [1.29, 1.82) is 0 Å². The van der Waals surface area contributed by atoms with Gasteiger partial charge in [0, 0.05) is 6.42 Å². The Bertz CT molecular complexity index is 1210. The highest BCUT2D eigenvalue weighted by Gasteiger charge is 2.44. The topological polar surface area (TPSA) is 149 Å². The van der Waals surface area contributed by atoms with E-state index in [9.17, 15) is 30.3 Å². The van der Waals surface area contributed by atoms with Gasteiger partial charge in [-0.05, 0) is 44.9 Å². The maximum atomic E-state index is 13.1. The molecule has 1 amide bonds. The SMILES string of the molecule is CCCCCCCCC/C=C\CCCCCCCCCC(=O)NC(COC1OC(CO)C(O)C(O)C1O)C(O)/C=C/CCCCCCCCCCCCCCCCCCCCCCCCCCCCCCCCC. The molecule has 1 heterocycles. The van der Waals surface area contributed by atoms with Crippen molar-refractivity contribution >= 4 is 5.91 Å². The average Bonchev–Trinajstić information content (AvgIpc) is 3.40. The number of amides is 1. The van der Waals surface area contributed by atoms with Crippen LogP contribution >= 0.6 is 0 Å². The zero-order valence-corrected chi connectivity index (χ0v) is 48.9. The molecule has 6 N–H and O–H groups in total. The van der Waals surface area contributed by atoms with E-state index in [-0.39, 0.29) is 12.5 Å². The predicted molar refractivity (Wildman–Crippen MR) is 314 cm³/mol. The van der Waals surface area contributed by atoms with Gasteiger partial charge in [-0.1, -0.05) is 301 Å². The first-order chi connectivity index (χ1) is 36.3. The van der Waals surface area contributed by atoms with E-state index in [1.54, 1.807) is 6.08 Å². The van der Waals surface area contributed by atoms with Crippen LogP contribution in [0, 0.1) is 0 Å². The van der Waals surface area contributed by atoms with Crippen LogP contribution in [-0.2, 0) is 14.3 Å². The summed E-state index contributed by atoms with van der Waals surface area (Å²) in [5.41, 5.74) is 0. The van der Waals surface area contributed by atoms with Gasteiger partial charge < -0.3 is 40.3 Å². The van der Waals surface area contributed by atoms with Crippen molar-refractivity contribution < 1.29 is 39.8 Å². The summed E-state index contributed by atoms with van der Waals surface area (Å²) in [6.07, 6.45) is 64.2. The summed E-state index contributed by atoms with van der Waals surface area (Å²) in [7, 11) is 0. The van der Waals surface area contributed by atoms with Crippen LogP contribution in [0.5, 0.6) is 0 Å². The summed E-state index contributed by atoms with van der Waals surface area (Å²) >= 11 is 0. The average molecular weight is 1050 g/mol. The van der Waals surface area contributed by atoms with Crippen LogP contribution in [-0.4, -0.2) is 87.5 Å². The smallest absolute Gasteiger partial charge is 0.220 e. The first kappa shape index (κ1) is 70.7. The largest absolute Gasteiger partial charge is 0.394 e. The van der Waals surface area contributed by atoms with E-state index in [4.69, 9.17) is 9.47 Å². The van der Waals surface area contributed by atoms with E-state index in [0.717, 1.165) is 38.5 Å². The summed E-state index contributed by atoms with van der Waals surface area (Å²) in [5, 5.41) is 54.6. The number of aliphatic hydroxyl groups excluding tert-OH is 5. The summed E-state index contributed by atoms with van der Waals surface area (Å²) in [6, 6.07) is -0.806. The third-order valence-electron chi connectivity index (χ3n) is 15.8. The molecule has 0 radical (unpaired) electrons. The zero-order chi connectivity index (χ0) is 53.6. The van der Waals surface area contributed by atoms with Crippen molar-refractivity contribution in [2.24, 2.45) is 0 Å². The normalized spacial score (nSPS) is 19.0. The number of ether oxygens (including phenoxy) is 2. The minimum Gasteiger partial charge on any atom is -0.394 e. The van der Waals surface area contributed by atoms with Crippen LogP contribution in [0.15, 0.2) is 24.3 Å². The van der Waals surface area contributed by atoms with Crippen molar-refractivity contribution in [2.45, 2.75) is 371 Å². The Morgan fingerprint density at radius 3 is 1.09 bits per heavy atom. The van der Waals surface area contributed by atoms with E-state index in [1.165, 1.54) is 270 Å². The van der Waals surface area contributed by atoms with Crippen molar-refractivity contribution in [3.8, 4) is 0 Å². The number of hydrogen-bond donors (Lipinski definition) is 6. The van der Waals surface area contributed by atoms with E-state index in [1.807, 2.05) is 6.08 Å². The van der Waals surface area contributed by atoms with Gasteiger partial charge in [0.2, 0.25) is 5.91 Å². The highest BCUT2D eigenvalue weighted by molar-refractivity contribution is 5.76. The Balaban J connectivity index is 2.13. The Hall–Kier alpha value is -1.33. The third kappa shape index (κ3) is 43.6. The molecular formula is C65H125NO8. The molecule has 0 aliphatic carbocycles. The maximum absolute atomic E-state index is 13.1.